The fourth-order valence-electron chi connectivity index (χ4n) is 1.59. The fraction of sp³-hybridized carbons (Fsp3) is 0. The molecule has 0 fully saturated rings. The van der Waals surface area contributed by atoms with E-state index in [1.807, 2.05) is 0 Å². The number of phenolic OH excluding ortho intramolecular Hbond substituents is 1. The average Bonchev–Trinajstić information content (AvgIpc) is 2.27. The van der Waals surface area contributed by atoms with Gasteiger partial charge in [0.15, 0.2) is 4.98 Å². The molecular weight excluding hydrogens is 244 g/mol. The van der Waals surface area contributed by atoms with Crippen molar-refractivity contribution in [2.24, 2.45) is 0 Å². The van der Waals surface area contributed by atoms with Crippen LogP contribution >= 0.6 is 0 Å². The Morgan fingerprint density at radius 1 is 1.24 bits per heavy atom. The van der Waals surface area contributed by atoms with Crippen LogP contribution in [0.5, 0.6) is 5.75 Å². The lowest BCUT2D eigenvalue weighted by Crippen LogP contribution is -1.98. The molecule has 0 atom stereocenters. The number of rotatable bonds is 1. The van der Waals surface area contributed by atoms with E-state index in [1.54, 1.807) is 24.3 Å². The molecule has 0 saturated carbocycles. The molecule has 0 aromatic heterocycles. The van der Waals surface area contributed by atoms with Crippen molar-refractivity contribution >= 4 is 26.6 Å². The minimum Gasteiger partial charge on any atom is -0.500 e. The van der Waals surface area contributed by atoms with Crippen LogP contribution in [0.2, 0.25) is 0 Å². The van der Waals surface area contributed by atoms with Gasteiger partial charge in [0, 0.05) is 0 Å². The third-order valence-corrected chi connectivity index (χ3v) is 3.21. The maximum atomic E-state index is 11.0. The summed E-state index contributed by atoms with van der Waals surface area (Å²) in [5, 5.41) is 19.2. The molecular formula is C10H7N2O4S+. The molecule has 0 aliphatic rings. The summed E-state index contributed by atoms with van der Waals surface area (Å²) in [7, 11) is -4.58. The van der Waals surface area contributed by atoms with Gasteiger partial charge in [-0.25, -0.2) is 0 Å². The Morgan fingerprint density at radius 3 is 2.47 bits per heavy atom. The molecule has 0 aliphatic heterocycles. The lowest BCUT2D eigenvalue weighted by atomic mass is 10.1. The molecule has 17 heavy (non-hydrogen) atoms. The Kier molecular flexibility index (Phi) is 2.46. The molecule has 2 N–H and O–H groups in total. The van der Waals surface area contributed by atoms with Crippen molar-refractivity contribution in [2.75, 3.05) is 0 Å². The SMILES string of the molecule is N#[N+]c1c(O)c(S(=O)(=O)O)cc2ccccc12. The van der Waals surface area contributed by atoms with Crippen LogP contribution in [-0.4, -0.2) is 18.1 Å². The van der Waals surface area contributed by atoms with E-state index in [2.05, 4.69) is 4.98 Å². The van der Waals surface area contributed by atoms with E-state index < -0.39 is 20.8 Å². The number of fused-ring (bicyclic) bond motifs is 1. The summed E-state index contributed by atoms with van der Waals surface area (Å²) in [6.45, 7) is 0. The largest absolute Gasteiger partial charge is 0.500 e. The van der Waals surface area contributed by atoms with Crippen LogP contribution in [0.15, 0.2) is 35.2 Å². The maximum Gasteiger partial charge on any atom is 0.435 e. The normalized spacial score (nSPS) is 11.3. The van der Waals surface area contributed by atoms with Gasteiger partial charge in [-0.1, -0.05) is 18.2 Å². The topological polar surface area (TPSA) is 103 Å². The molecule has 0 amide bonds. The van der Waals surface area contributed by atoms with Crippen molar-refractivity contribution in [3.05, 3.63) is 35.3 Å². The van der Waals surface area contributed by atoms with Gasteiger partial charge in [-0.2, -0.15) is 8.42 Å². The summed E-state index contributed by atoms with van der Waals surface area (Å²) >= 11 is 0. The molecule has 0 saturated heterocycles. The van der Waals surface area contributed by atoms with Gasteiger partial charge in [-0.05, 0) is 17.5 Å². The molecule has 0 bridgehead atoms. The van der Waals surface area contributed by atoms with E-state index in [1.165, 1.54) is 0 Å². The van der Waals surface area contributed by atoms with Gasteiger partial charge in [0.05, 0.1) is 5.39 Å². The van der Waals surface area contributed by atoms with E-state index in [-0.39, 0.29) is 5.69 Å². The molecule has 7 heteroatoms. The van der Waals surface area contributed by atoms with Crippen LogP contribution in [0.3, 0.4) is 0 Å². The highest BCUT2D eigenvalue weighted by Gasteiger charge is 2.28. The Hall–Kier alpha value is -2.17. The van der Waals surface area contributed by atoms with E-state index in [0.29, 0.717) is 10.8 Å². The smallest absolute Gasteiger partial charge is 0.435 e. The highest BCUT2D eigenvalue weighted by molar-refractivity contribution is 7.86. The first kappa shape index (κ1) is 11.3. The summed E-state index contributed by atoms with van der Waals surface area (Å²) in [5.41, 5.74) is -0.296. The maximum absolute atomic E-state index is 11.0. The molecule has 0 radical (unpaired) electrons. The van der Waals surface area contributed by atoms with Gasteiger partial charge in [0.25, 0.3) is 10.1 Å². The van der Waals surface area contributed by atoms with Gasteiger partial charge in [0.1, 0.15) is 4.90 Å². The van der Waals surface area contributed by atoms with Crippen LogP contribution in [0.1, 0.15) is 0 Å². The van der Waals surface area contributed by atoms with Crippen molar-refractivity contribution in [1.82, 2.24) is 0 Å². The molecule has 0 spiro atoms. The summed E-state index contributed by atoms with van der Waals surface area (Å²) < 4.78 is 31.0. The number of nitrogens with zero attached hydrogens (tertiary/aromatic N) is 2. The van der Waals surface area contributed by atoms with Crippen molar-refractivity contribution in [3.8, 4) is 5.75 Å². The Labute approximate surface area is 96.5 Å². The van der Waals surface area contributed by atoms with Gasteiger partial charge < -0.3 is 5.11 Å². The molecule has 2 aromatic carbocycles. The van der Waals surface area contributed by atoms with E-state index >= 15 is 0 Å². The average molecular weight is 251 g/mol. The lowest BCUT2D eigenvalue weighted by Gasteiger charge is -2.01. The van der Waals surface area contributed by atoms with Crippen molar-refractivity contribution in [3.63, 3.8) is 0 Å². The Bertz CT molecular complexity index is 747. The fourth-order valence-corrected chi connectivity index (χ4v) is 2.21. The Morgan fingerprint density at radius 2 is 1.88 bits per heavy atom. The standard InChI is InChI=1S/C10H6N2O4S/c11-12-9-7-4-2-1-3-6(7)5-8(10(9)13)17(14,15)16/h1-5H,(H-,13,14,15,16)/p+1. The summed E-state index contributed by atoms with van der Waals surface area (Å²) in [6.07, 6.45) is 0. The lowest BCUT2D eigenvalue weighted by molar-refractivity contribution is 0.446. The molecule has 86 valence electrons. The zero-order chi connectivity index (χ0) is 12.6. The van der Waals surface area contributed by atoms with Crippen LogP contribution in [-0.2, 0) is 10.1 Å². The van der Waals surface area contributed by atoms with Gasteiger partial charge in [-0.15, -0.1) is 0 Å². The number of benzene rings is 2. The molecule has 0 heterocycles. The number of aromatic hydroxyl groups is 1. The minimum absolute atomic E-state index is 0.296. The first-order chi connectivity index (χ1) is 7.95. The number of hydrogen-bond donors (Lipinski definition) is 2. The highest BCUT2D eigenvalue weighted by atomic mass is 32.2. The number of hydrogen-bond acceptors (Lipinski definition) is 4. The second-order valence-corrected chi connectivity index (χ2v) is 4.76. The number of diazo groups is 1. The molecule has 2 aromatic rings. The molecule has 6 nitrogen and oxygen atoms in total. The molecule has 0 aliphatic carbocycles. The first-order valence-corrected chi connectivity index (χ1v) is 5.96. The Balaban J connectivity index is 3.02. The van der Waals surface area contributed by atoms with E-state index in [0.717, 1.165) is 6.07 Å². The van der Waals surface area contributed by atoms with Crippen LogP contribution in [0.25, 0.3) is 15.7 Å². The van der Waals surface area contributed by atoms with E-state index in [4.69, 9.17) is 9.95 Å². The van der Waals surface area contributed by atoms with Crippen molar-refractivity contribution in [2.45, 2.75) is 4.90 Å². The summed E-state index contributed by atoms with van der Waals surface area (Å²) in [6, 6.07) is 7.52. The van der Waals surface area contributed by atoms with Crippen LogP contribution in [0.4, 0.5) is 5.69 Å². The second-order valence-electron chi connectivity index (χ2n) is 3.37. The zero-order valence-electron chi connectivity index (χ0n) is 8.40. The monoisotopic (exact) mass is 251 g/mol. The van der Waals surface area contributed by atoms with Crippen LogP contribution < -0.4 is 0 Å². The summed E-state index contributed by atoms with van der Waals surface area (Å²) in [4.78, 5) is 2.16. The van der Waals surface area contributed by atoms with Crippen molar-refractivity contribution < 1.29 is 18.1 Å². The third kappa shape index (κ3) is 1.80. The predicted molar refractivity (Wildman–Crippen MR) is 60.2 cm³/mol. The highest BCUT2D eigenvalue weighted by Crippen LogP contribution is 2.40. The first-order valence-electron chi connectivity index (χ1n) is 4.52. The molecule has 0 unspecified atom stereocenters. The van der Waals surface area contributed by atoms with Gasteiger partial charge >= 0.3 is 5.69 Å². The predicted octanol–water partition coefficient (Wildman–Crippen LogP) is 2.28. The zero-order valence-corrected chi connectivity index (χ0v) is 9.22. The second kappa shape index (κ2) is 3.69. The minimum atomic E-state index is -4.58. The van der Waals surface area contributed by atoms with E-state index in [9.17, 15) is 13.5 Å². The van der Waals surface area contributed by atoms with Gasteiger partial charge in [0.2, 0.25) is 11.1 Å². The van der Waals surface area contributed by atoms with Crippen molar-refractivity contribution in [1.29, 1.82) is 5.39 Å². The molecule has 2 rings (SSSR count). The van der Waals surface area contributed by atoms with Crippen LogP contribution in [0, 0.1) is 5.39 Å². The third-order valence-electron chi connectivity index (χ3n) is 2.34. The summed E-state index contributed by atoms with van der Waals surface area (Å²) in [5.74, 6) is -0.784. The quantitative estimate of drug-likeness (QED) is 0.597. The van der Waals surface area contributed by atoms with Gasteiger partial charge in [-0.3, -0.25) is 4.55 Å². The number of phenols is 1.